The number of hydrogen-bond donors (Lipinski definition) is 1. The van der Waals surface area contributed by atoms with Gasteiger partial charge in [0.25, 0.3) is 0 Å². The lowest BCUT2D eigenvalue weighted by molar-refractivity contribution is -0.141. The Kier molecular flexibility index (Phi) is 4.71. The van der Waals surface area contributed by atoms with Crippen LogP contribution in [-0.4, -0.2) is 26.1 Å². The normalized spacial score (nSPS) is 11.7. The zero-order valence-corrected chi connectivity index (χ0v) is 12.3. The van der Waals surface area contributed by atoms with E-state index >= 15 is 0 Å². The molecule has 2 heterocycles. The highest BCUT2D eigenvalue weighted by atomic mass is 32.2. The fraction of sp³-hybridized carbons (Fsp3) is 0.417. The molecule has 0 aliphatic carbocycles. The number of aryl methyl sites for hydroxylation is 1. The van der Waals surface area contributed by atoms with Crippen LogP contribution in [0.25, 0.3) is 0 Å². The van der Waals surface area contributed by atoms with Crippen molar-refractivity contribution in [1.82, 2.24) is 19.5 Å². The van der Waals surface area contributed by atoms with Crippen molar-refractivity contribution in [1.29, 1.82) is 0 Å². The highest BCUT2D eigenvalue weighted by Crippen LogP contribution is 2.32. The van der Waals surface area contributed by atoms with Crippen LogP contribution in [0.1, 0.15) is 19.0 Å². The van der Waals surface area contributed by atoms with Crippen molar-refractivity contribution >= 4 is 17.7 Å². The molecule has 0 saturated heterocycles. The van der Waals surface area contributed by atoms with Gasteiger partial charge >= 0.3 is 6.18 Å². The largest absolute Gasteiger partial charge is 0.433 e. The van der Waals surface area contributed by atoms with Gasteiger partial charge < -0.3 is 9.88 Å². The minimum Gasteiger partial charge on any atom is -0.354 e. The van der Waals surface area contributed by atoms with Gasteiger partial charge in [-0.05, 0) is 18.2 Å². The first kappa shape index (κ1) is 15.6. The van der Waals surface area contributed by atoms with E-state index in [2.05, 4.69) is 20.3 Å². The maximum atomic E-state index is 12.9. The number of hydrogen-bond acceptors (Lipinski definition) is 5. The Labute approximate surface area is 124 Å². The minimum atomic E-state index is -4.51. The quantitative estimate of drug-likeness (QED) is 0.858. The number of halogens is 3. The van der Waals surface area contributed by atoms with Crippen LogP contribution in [0, 0.1) is 0 Å². The zero-order chi connectivity index (χ0) is 15.5. The first-order valence-corrected chi connectivity index (χ1v) is 7.07. The minimum absolute atomic E-state index is 0.0246. The lowest BCUT2D eigenvalue weighted by atomic mass is 10.4. The van der Waals surface area contributed by atoms with E-state index < -0.39 is 11.9 Å². The standard InChI is InChI=1S/C12H14F3N5S/c1-3-4-16-10-18-8(12(13,14)15)7-9(19-10)21-11-17-5-6-20(11)2/h5-7H,3-4H2,1-2H3,(H,16,18,19). The van der Waals surface area contributed by atoms with Crippen molar-refractivity contribution in [3.8, 4) is 0 Å². The maximum Gasteiger partial charge on any atom is 0.433 e. The highest BCUT2D eigenvalue weighted by molar-refractivity contribution is 7.99. The lowest BCUT2D eigenvalue weighted by Gasteiger charge is -2.11. The Morgan fingerprint density at radius 2 is 2.10 bits per heavy atom. The molecule has 1 N–H and O–H groups in total. The smallest absolute Gasteiger partial charge is 0.354 e. The predicted octanol–water partition coefficient (Wildman–Crippen LogP) is 3.20. The molecular weight excluding hydrogens is 303 g/mol. The van der Waals surface area contributed by atoms with Crippen LogP contribution < -0.4 is 5.32 Å². The summed E-state index contributed by atoms with van der Waals surface area (Å²) in [4.78, 5) is 11.7. The molecule has 0 unspecified atom stereocenters. The molecule has 0 atom stereocenters. The Bertz CT molecular complexity index is 611. The van der Waals surface area contributed by atoms with Crippen molar-refractivity contribution in [3.63, 3.8) is 0 Å². The Hall–Kier alpha value is -1.77. The van der Waals surface area contributed by atoms with Gasteiger partial charge in [0.05, 0.1) is 0 Å². The van der Waals surface area contributed by atoms with E-state index in [4.69, 9.17) is 0 Å². The second-order valence-electron chi connectivity index (χ2n) is 4.26. The fourth-order valence-corrected chi connectivity index (χ4v) is 2.29. The summed E-state index contributed by atoms with van der Waals surface area (Å²) in [6.45, 7) is 2.41. The zero-order valence-electron chi connectivity index (χ0n) is 11.5. The van der Waals surface area contributed by atoms with Crippen LogP contribution in [0.3, 0.4) is 0 Å². The molecule has 0 aliphatic heterocycles. The molecule has 0 aromatic carbocycles. The van der Waals surface area contributed by atoms with Gasteiger partial charge in [0.15, 0.2) is 10.9 Å². The molecule has 0 fully saturated rings. The molecule has 114 valence electrons. The molecular formula is C12H14F3N5S. The third kappa shape index (κ3) is 4.10. The second kappa shape index (κ2) is 6.33. The third-order valence-corrected chi connectivity index (χ3v) is 3.49. The topological polar surface area (TPSA) is 55.6 Å². The van der Waals surface area contributed by atoms with Gasteiger partial charge in [-0.2, -0.15) is 13.2 Å². The van der Waals surface area contributed by atoms with Crippen LogP contribution in [0.5, 0.6) is 0 Å². The van der Waals surface area contributed by atoms with Crippen LogP contribution in [0.15, 0.2) is 28.6 Å². The summed E-state index contributed by atoms with van der Waals surface area (Å²) in [6, 6.07) is 0.927. The van der Waals surface area contributed by atoms with Gasteiger partial charge in [-0.15, -0.1) is 0 Å². The predicted molar refractivity (Wildman–Crippen MR) is 73.1 cm³/mol. The molecule has 9 heteroatoms. The maximum absolute atomic E-state index is 12.9. The number of nitrogens with zero attached hydrogens (tertiary/aromatic N) is 4. The van der Waals surface area contributed by atoms with Crippen molar-refractivity contribution in [2.24, 2.45) is 7.05 Å². The van der Waals surface area contributed by atoms with E-state index in [0.717, 1.165) is 24.2 Å². The lowest BCUT2D eigenvalue weighted by Crippen LogP contribution is -2.13. The first-order valence-electron chi connectivity index (χ1n) is 6.25. The van der Waals surface area contributed by atoms with E-state index in [9.17, 15) is 13.2 Å². The average Bonchev–Trinajstić information content (AvgIpc) is 2.81. The summed E-state index contributed by atoms with van der Waals surface area (Å²) < 4.78 is 40.3. The van der Waals surface area contributed by atoms with Crippen LogP contribution in [0.2, 0.25) is 0 Å². The van der Waals surface area contributed by atoms with Gasteiger partial charge in [-0.25, -0.2) is 15.0 Å². The summed E-state index contributed by atoms with van der Waals surface area (Å²) in [5, 5.41) is 3.54. The summed E-state index contributed by atoms with van der Waals surface area (Å²) in [6.07, 6.45) is -0.459. The van der Waals surface area contributed by atoms with Crippen molar-refractivity contribution in [2.45, 2.75) is 29.7 Å². The molecule has 0 amide bonds. The van der Waals surface area contributed by atoms with E-state index in [1.807, 2.05) is 6.92 Å². The number of imidazole rings is 1. The van der Waals surface area contributed by atoms with E-state index in [1.165, 1.54) is 0 Å². The number of nitrogens with one attached hydrogen (secondary N) is 1. The molecule has 0 bridgehead atoms. The molecule has 0 aliphatic rings. The molecule has 2 rings (SSSR count). The Morgan fingerprint density at radius 1 is 1.33 bits per heavy atom. The Balaban J connectivity index is 2.33. The molecule has 0 spiro atoms. The van der Waals surface area contributed by atoms with Gasteiger partial charge in [-0.1, -0.05) is 6.92 Å². The van der Waals surface area contributed by atoms with Gasteiger partial charge in [0.2, 0.25) is 5.95 Å². The first-order chi connectivity index (χ1) is 9.90. The third-order valence-electron chi connectivity index (χ3n) is 2.50. The molecule has 21 heavy (non-hydrogen) atoms. The summed E-state index contributed by atoms with van der Waals surface area (Å²) >= 11 is 1.06. The number of alkyl halides is 3. The monoisotopic (exact) mass is 317 g/mol. The van der Waals surface area contributed by atoms with E-state index in [0.29, 0.717) is 11.7 Å². The molecule has 0 saturated carbocycles. The van der Waals surface area contributed by atoms with Crippen molar-refractivity contribution in [2.75, 3.05) is 11.9 Å². The van der Waals surface area contributed by atoms with Crippen molar-refractivity contribution in [3.05, 3.63) is 24.2 Å². The summed E-state index contributed by atoms with van der Waals surface area (Å²) in [5.41, 5.74) is -0.965. The molecule has 2 aromatic rings. The van der Waals surface area contributed by atoms with Crippen LogP contribution in [-0.2, 0) is 13.2 Å². The second-order valence-corrected chi connectivity index (χ2v) is 5.25. The number of rotatable bonds is 5. The summed E-state index contributed by atoms with van der Waals surface area (Å²) in [5.74, 6) is -0.0246. The van der Waals surface area contributed by atoms with Crippen molar-refractivity contribution < 1.29 is 13.2 Å². The molecule has 5 nitrogen and oxygen atoms in total. The van der Waals surface area contributed by atoms with Crippen LogP contribution >= 0.6 is 11.8 Å². The molecule has 2 aromatic heterocycles. The van der Waals surface area contributed by atoms with Gasteiger partial charge in [0, 0.05) is 32.1 Å². The van der Waals surface area contributed by atoms with E-state index in [-0.39, 0.29) is 11.0 Å². The SMILES string of the molecule is CCCNc1nc(Sc2nccn2C)cc(C(F)(F)F)n1. The number of anilines is 1. The van der Waals surface area contributed by atoms with Crippen LogP contribution in [0.4, 0.5) is 19.1 Å². The molecule has 0 radical (unpaired) electrons. The Morgan fingerprint density at radius 3 is 2.67 bits per heavy atom. The van der Waals surface area contributed by atoms with Gasteiger partial charge in [-0.3, -0.25) is 0 Å². The number of aromatic nitrogens is 4. The summed E-state index contributed by atoms with van der Waals surface area (Å²) in [7, 11) is 1.76. The van der Waals surface area contributed by atoms with Gasteiger partial charge in [0.1, 0.15) is 5.03 Å². The van der Waals surface area contributed by atoms with E-state index in [1.54, 1.807) is 24.0 Å². The fourth-order valence-electron chi connectivity index (χ4n) is 1.48. The average molecular weight is 317 g/mol. The highest BCUT2D eigenvalue weighted by Gasteiger charge is 2.33.